The van der Waals surface area contributed by atoms with Crippen molar-refractivity contribution in [2.75, 3.05) is 20.8 Å². The van der Waals surface area contributed by atoms with E-state index in [2.05, 4.69) is 5.10 Å². The molecule has 0 saturated carbocycles. The molecule has 7 nitrogen and oxygen atoms in total. The number of methoxy groups -OCH3 is 2. The minimum absolute atomic E-state index is 0.175. The molecular weight excluding hydrogens is 413 g/mol. The van der Waals surface area contributed by atoms with Crippen LogP contribution in [0.3, 0.4) is 0 Å². The van der Waals surface area contributed by atoms with Crippen LogP contribution in [0.4, 0.5) is 4.39 Å². The van der Waals surface area contributed by atoms with Crippen LogP contribution in [0, 0.1) is 12.7 Å². The van der Waals surface area contributed by atoms with E-state index in [1.54, 1.807) is 50.3 Å². The van der Waals surface area contributed by atoms with Crippen LogP contribution in [0.2, 0.25) is 0 Å². The third kappa shape index (κ3) is 3.84. The Morgan fingerprint density at radius 2 is 1.91 bits per heavy atom. The number of halogens is 1. The van der Waals surface area contributed by atoms with E-state index in [-0.39, 0.29) is 17.4 Å². The topological polar surface area (TPSA) is 73.7 Å². The van der Waals surface area contributed by atoms with Crippen molar-refractivity contribution in [3.63, 3.8) is 0 Å². The Morgan fingerprint density at radius 1 is 1.12 bits per heavy atom. The number of hydrogen-bond donors (Lipinski definition) is 0. The second-order valence-corrected chi connectivity index (χ2v) is 7.63. The third-order valence-electron chi connectivity index (χ3n) is 5.70. The van der Waals surface area contributed by atoms with Gasteiger partial charge in [0.15, 0.2) is 5.69 Å². The molecule has 0 spiro atoms. The molecule has 0 aliphatic carbocycles. The zero-order chi connectivity index (χ0) is 22.8. The molecule has 1 amide bonds. The van der Waals surface area contributed by atoms with Crippen molar-refractivity contribution in [1.29, 1.82) is 0 Å². The zero-order valence-corrected chi connectivity index (χ0v) is 18.2. The number of ether oxygens (including phenoxy) is 2. The number of para-hydroxylation sites is 1. The maximum absolute atomic E-state index is 14.4. The molecule has 0 N–H and O–H groups in total. The number of hydrogen-bond acceptors (Lipinski definition) is 5. The van der Waals surface area contributed by atoms with Crippen LogP contribution >= 0.6 is 0 Å². The zero-order valence-electron chi connectivity index (χ0n) is 18.2. The summed E-state index contributed by atoms with van der Waals surface area (Å²) in [7, 11) is 3.14. The molecule has 1 fully saturated rings. The number of benzene rings is 2. The summed E-state index contributed by atoms with van der Waals surface area (Å²) in [5, 5.41) is 4.27. The van der Waals surface area contributed by atoms with Gasteiger partial charge in [-0.15, -0.1) is 0 Å². The van der Waals surface area contributed by atoms with Gasteiger partial charge in [0.05, 0.1) is 20.3 Å². The number of rotatable bonds is 5. The summed E-state index contributed by atoms with van der Waals surface area (Å²) >= 11 is 0. The quantitative estimate of drug-likeness (QED) is 0.609. The van der Waals surface area contributed by atoms with E-state index >= 15 is 0 Å². The number of amides is 1. The first-order chi connectivity index (χ1) is 15.4. The van der Waals surface area contributed by atoms with Crippen molar-refractivity contribution in [2.24, 2.45) is 0 Å². The highest BCUT2D eigenvalue weighted by Crippen LogP contribution is 2.39. The molecule has 32 heavy (non-hydrogen) atoms. The van der Waals surface area contributed by atoms with Gasteiger partial charge >= 0.3 is 0 Å². The van der Waals surface area contributed by atoms with Crippen molar-refractivity contribution >= 4 is 5.91 Å². The van der Waals surface area contributed by atoms with Crippen molar-refractivity contribution < 1.29 is 18.7 Å². The lowest BCUT2D eigenvalue weighted by atomic mass is 10.0. The molecule has 1 unspecified atom stereocenters. The van der Waals surface area contributed by atoms with Gasteiger partial charge in [0, 0.05) is 29.9 Å². The minimum Gasteiger partial charge on any atom is -0.497 e. The molecule has 1 atom stereocenters. The number of carbonyl (C=O) groups is 1. The summed E-state index contributed by atoms with van der Waals surface area (Å²) in [6.45, 7) is 2.13. The summed E-state index contributed by atoms with van der Waals surface area (Å²) in [4.78, 5) is 27.8. The summed E-state index contributed by atoms with van der Waals surface area (Å²) < 4.78 is 26.4. The van der Waals surface area contributed by atoms with Crippen LogP contribution < -0.4 is 14.9 Å². The number of aryl methyl sites for hydroxylation is 1. The van der Waals surface area contributed by atoms with E-state index in [4.69, 9.17) is 9.47 Å². The number of nitrogens with zero attached hydrogens (tertiary/aromatic N) is 3. The Kier molecular flexibility index (Phi) is 5.94. The van der Waals surface area contributed by atoms with Gasteiger partial charge in [0.25, 0.3) is 5.91 Å². The lowest BCUT2D eigenvalue weighted by Crippen LogP contribution is -2.36. The molecular formula is C24H24FN3O4. The molecule has 1 saturated heterocycles. The molecule has 8 heteroatoms. The molecule has 2 heterocycles. The highest BCUT2D eigenvalue weighted by atomic mass is 19.1. The normalized spacial score (nSPS) is 15.6. The van der Waals surface area contributed by atoms with Crippen LogP contribution in [-0.4, -0.2) is 41.4 Å². The SMILES string of the molecule is COc1ccc(C2CCCN2C(=O)c2nn(-c3ccccc3F)c(C)cc2=O)c(OC)c1. The first-order valence-electron chi connectivity index (χ1n) is 10.3. The molecule has 0 radical (unpaired) electrons. The van der Waals surface area contributed by atoms with Gasteiger partial charge in [0.2, 0.25) is 5.43 Å². The standard InChI is InChI=1S/C24H24FN3O4/c1-15-13-21(29)23(26-28(15)20-8-5-4-7-18(20)25)24(30)27-12-6-9-19(27)17-11-10-16(31-2)14-22(17)32-3/h4-5,7-8,10-11,13-14,19H,6,9,12H2,1-3H3. The van der Waals surface area contributed by atoms with Gasteiger partial charge < -0.3 is 14.4 Å². The van der Waals surface area contributed by atoms with Crippen molar-refractivity contribution in [2.45, 2.75) is 25.8 Å². The van der Waals surface area contributed by atoms with E-state index in [1.165, 1.54) is 16.8 Å². The summed E-state index contributed by atoms with van der Waals surface area (Å²) in [5.41, 5.74) is 0.714. The Bertz CT molecular complexity index is 1220. The van der Waals surface area contributed by atoms with Crippen LogP contribution in [-0.2, 0) is 0 Å². The predicted octanol–water partition coefficient (Wildman–Crippen LogP) is 3.67. The Morgan fingerprint density at radius 3 is 2.62 bits per heavy atom. The molecule has 2 aromatic carbocycles. The van der Waals surface area contributed by atoms with Crippen LogP contribution in [0.25, 0.3) is 5.69 Å². The highest BCUT2D eigenvalue weighted by Gasteiger charge is 2.34. The predicted molar refractivity (Wildman–Crippen MR) is 117 cm³/mol. The van der Waals surface area contributed by atoms with Crippen molar-refractivity contribution in [1.82, 2.24) is 14.7 Å². The van der Waals surface area contributed by atoms with E-state index in [0.717, 1.165) is 18.4 Å². The van der Waals surface area contributed by atoms with Gasteiger partial charge in [0.1, 0.15) is 23.0 Å². The largest absolute Gasteiger partial charge is 0.497 e. The molecule has 1 aliphatic heterocycles. The number of likely N-dealkylation sites (tertiary alicyclic amines) is 1. The van der Waals surface area contributed by atoms with E-state index in [9.17, 15) is 14.0 Å². The van der Waals surface area contributed by atoms with Crippen LogP contribution in [0.15, 0.2) is 53.3 Å². The third-order valence-corrected chi connectivity index (χ3v) is 5.70. The Balaban J connectivity index is 1.74. The van der Waals surface area contributed by atoms with Crippen LogP contribution in [0.5, 0.6) is 11.5 Å². The van der Waals surface area contributed by atoms with Gasteiger partial charge in [-0.2, -0.15) is 5.10 Å². The fourth-order valence-corrected chi connectivity index (χ4v) is 4.13. The van der Waals surface area contributed by atoms with Gasteiger partial charge in [-0.05, 0) is 44.0 Å². The maximum atomic E-state index is 14.4. The van der Waals surface area contributed by atoms with E-state index in [0.29, 0.717) is 23.7 Å². The van der Waals surface area contributed by atoms with Gasteiger partial charge in [-0.1, -0.05) is 12.1 Å². The molecule has 3 aromatic rings. The molecule has 1 aromatic heterocycles. The van der Waals surface area contributed by atoms with E-state index < -0.39 is 17.2 Å². The molecule has 4 rings (SSSR count). The second kappa shape index (κ2) is 8.82. The smallest absolute Gasteiger partial charge is 0.278 e. The molecule has 0 bridgehead atoms. The second-order valence-electron chi connectivity index (χ2n) is 7.63. The fraction of sp³-hybridized carbons (Fsp3) is 0.292. The molecule has 166 valence electrons. The van der Waals surface area contributed by atoms with Crippen LogP contribution in [0.1, 0.15) is 40.6 Å². The lowest BCUT2D eigenvalue weighted by molar-refractivity contribution is 0.0724. The number of carbonyl (C=O) groups excluding carboxylic acids is 1. The first-order valence-corrected chi connectivity index (χ1v) is 10.3. The Hall–Kier alpha value is -3.68. The first kappa shape index (κ1) is 21.5. The van der Waals surface area contributed by atoms with Crippen molar-refractivity contribution in [3.05, 3.63) is 81.5 Å². The Labute approximate surface area is 185 Å². The van der Waals surface area contributed by atoms with Crippen molar-refractivity contribution in [3.8, 4) is 17.2 Å². The lowest BCUT2D eigenvalue weighted by Gasteiger charge is -2.26. The monoisotopic (exact) mass is 437 g/mol. The summed E-state index contributed by atoms with van der Waals surface area (Å²) in [5.74, 6) is 0.275. The summed E-state index contributed by atoms with van der Waals surface area (Å²) in [6.07, 6.45) is 1.50. The minimum atomic E-state index is -0.493. The summed E-state index contributed by atoms with van der Waals surface area (Å²) in [6, 6.07) is 12.6. The fourth-order valence-electron chi connectivity index (χ4n) is 4.13. The average molecular weight is 437 g/mol. The van der Waals surface area contributed by atoms with Gasteiger partial charge in [-0.25, -0.2) is 9.07 Å². The average Bonchev–Trinajstić information content (AvgIpc) is 3.28. The van der Waals surface area contributed by atoms with Gasteiger partial charge in [-0.3, -0.25) is 9.59 Å². The maximum Gasteiger partial charge on any atom is 0.278 e. The highest BCUT2D eigenvalue weighted by molar-refractivity contribution is 5.92. The molecule has 1 aliphatic rings. The van der Waals surface area contributed by atoms with E-state index in [1.807, 2.05) is 12.1 Å². The number of aromatic nitrogens is 2.